The summed E-state index contributed by atoms with van der Waals surface area (Å²) in [5, 5.41) is 0. The standard InChI is InChI=1S/C84H174N2O10P2/c1-13-15-17-49-61-79(3)63-55-43-33-27-37-47-59-73-91-83(77-95-97(87,88)93-75-71-85(7,8)9)69-57-45-35-25-23-31-41-53-67-81(5)65-51-39-29-21-19-20-22-30-40-52-66-82(6)68-54-42-32-24-26-36-46-58-70-84(78-96-98(89,90)94-76-72-86(10,11)12)92-74-60-48-38-28-34-44-56-64-80(4)62-50-18-16-14-2/h79-84H,13-78H2,1-12H3/p+2/t79-,80-,81?,82?,83+,84+/m1/s1. The van der Waals surface area contributed by atoms with Gasteiger partial charge >= 0.3 is 15.6 Å². The molecule has 0 saturated carbocycles. The van der Waals surface area contributed by atoms with Gasteiger partial charge in [0, 0.05) is 13.2 Å². The summed E-state index contributed by atoms with van der Waals surface area (Å²) in [5.74, 6) is 3.47. The van der Waals surface area contributed by atoms with E-state index in [0.717, 1.165) is 62.2 Å². The van der Waals surface area contributed by atoms with E-state index < -0.39 is 15.6 Å². The quantitative estimate of drug-likeness (QED) is 0.0345. The van der Waals surface area contributed by atoms with Crippen LogP contribution in [0, 0.1) is 23.7 Å². The molecule has 0 aromatic carbocycles. The largest absolute Gasteiger partial charge is 0.472 e. The van der Waals surface area contributed by atoms with Crippen LogP contribution in [0.3, 0.4) is 0 Å². The number of phosphoric acid groups is 2. The molecule has 0 aliphatic carbocycles. The average molecular weight is 1440 g/mol. The molecular weight excluding hydrogens is 1260 g/mol. The number of nitrogens with zero attached hydrogens (tertiary/aromatic N) is 2. The Morgan fingerprint density at radius 2 is 0.439 bits per heavy atom. The first-order chi connectivity index (χ1) is 47.1. The second-order valence-corrected chi connectivity index (χ2v) is 36.7. The minimum Gasteiger partial charge on any atom is -0.376 e. The molecule has 0 aliphatic heterocycles. The van der Waals surface area contributed by atoms with E-state index in [2.05, 4.69) is 41.5 Å². The third-order valence-corrected chi connectivity index (χ3v) is 22.9. The fraction of sp³-hybridized carbons (Fsp3) is 1.00. The summed E-state index contributed by atoms with van der Waals surface area (Å²) in [4.78, 5) is 20.8. The van der Waals surface area contributed by atoms with Gasteiger partial charge in [0.05, 0.1) is 67.7 Å². The molecule has 0 amide bonds. The molecule has 0 bridgehead atoms. The maximum Gasteiger partial charge on any atom is 0.472 e. The number of phosphoric ester groups is 2. The van der Waals surface area contributed by atoms with Crippen molar-refractivity contribution in [2.45, 2.75) is 426 Å². The number of likely N-dealkylation sites (N-methyl/N-ethyl adjacent to an activating group) is 2. The summed E-state index contributed by atoms with van der Waals surface area (Å²) in [6, 6.07) is 0. The van der Waals surface area contributed by atoms with Crippen LogP contribution in [0.25, 0.3) is 0 Å². The van der Waals surface area contributed by atoms with Crippen molar-refractivity contribution in [1.29, 1.82) is 0 Å². The topological polar surface area (TPSA) is 130 Å². The monoisotopic (exact) mass is 1440 g/mol. The summed E-state index contributed by atoms with van der Waals surface area (Å²) < 4.78 is 60.9. The Balaban J connectivity index is 4.05. The van der Waals surface area contributed by atoms with E-state index in [1.54, 1.807) is 0 Å². The number of quaternary nitrogens is 2. The first-order valence-corrected chi connectivity index (χ1v) is 46.1. The number of ether oxygens (including phenoxy) is 2. The van der Waals surface area contributed by atoms with Gasteiger partial charge in [0.1, 0.15) is 26.3 Å². The lowest BCUT2D eigenvalue weighted by molar-refractivity contribution is -0.870. The molecule has 0 fully saturated rings. The lowest BCUT2D eigenvalue weighted by Crippen LogP contribution is -2.37. The lowest BCUT2D eigenvalue weighted by atomic mass is 9.95. The van der Waals surface area contributed by atoms with E-state index in [-0.39, 0.29) is 38.6 Å². The van der Waals surface area contributed by atoms with Gasteiger partial charge in [-0.2, -0.15) is 0 Å². The van der Waals surface area contributed by atoms with Crippen LogP contribution in [0.2, 0.25) is 0 Å². The Hall–Kier alpha value is 0.0600. The molecular formula is C84H176N2O10P2+2. The molecule has 0 saturated heterocycles. The van der Waals surface area contributed by atoms with Crippen LogP contribution in [0.15, 0.2) is 0 Å². The zero-order valence-electron chi connectivity index (χ0n) is 68.1. The van der Waals surface area contributed by atoms with Crippen molar-refractivity contribution in [2.24, 2.45) is 23.7 Å². The van der Waals surface area contributed by atoms with Crippen molar-refractivity contribution >= 4 is 15.6 Å². The molecule has 0 radical (unpaired) electrons. The first-order valence-electron chi connectivity index (χ1n) is 43.1. The van der Waals surface area contributed by atoms with E-state index in [9.17, 15) is 18.9 Å². The van der Waals surface area contributed by atoms with E-state index in [0.29, 0.717) is 35.3 Å². The molecule has 2 N–H and O–H groups in total. The molecule has 0 rings (SSSR count). The number of unbranched alkanes of at least 4 members (excludes halogenated alkanes) is 41. The van der Waals surface area contributed by atoms with E-state index in [1.807, 2.05) is 42.3 Å². The molecule has 8 atom stereocenters. The predicted octanol–water partition coefficient (Wildman–Crippen LogP) is 26.6. The van der Waals surface area contributed by atoms with E-state index in [4.69, 9.17) is 27.6 Å². The number of rotatable bonds is 81. The summed E-state index contributed by atoms with van der Waals surface area (Å²) in [5.41, 5.74) is 0. The van der Waals surface area contributed by atoms with Crippen molar-refractivity contribution in [3.63, 3.8) is 0 Å². The average Bonchev–Trinajstić information content (AvgIpc) is 1.00. The molecule has 0 heterocycles. The van der Waals surface area contributed by atoms with E-state index >= 15 is 0 Å². The van der Waals surface area contributed by atoms with Crippen molar-refractivity contribution in [3.8, 4) is 0 Å². The lowest BCUT2D eigenvalue weighted by Gasteiger charge is -2.24. The van der Waals surface area contributed by atoms with Crippen LogP contribution in [0.4, 0.5) is 0 Å². The Kier molecular flexibility index (Phi) is 68.9. The second-order valence-electron chi connectivity index (χ2n) is 33.8. The fourth-order valence-electron chi connectivity index (χ4n) is 13.8. The highest BCUT2D eigenvalue weighted by Crippen LogP contribution is 2.44. The summed E-state index contributed by atoms with van der Waals surface area (Å²) in [6.45, 7) is 17.6. The van der Waals surface area contributed by atoms with Gasteiger partial charge in [0.25, 0.3) is 0 Å². The summed E-state index contributed by atoms with van der Waals surface area (Å²) >= 11 is 0. The second kappa shape index (κ2) is 68.8. The SMILES string of the molecule is CCCCCC[C@@H](C)CCCCCCCCCO[C@@H](CCCCCCCCCCC(C)CCCCCCCCCCCCC(C)CCCCCCCCCC[C@@H](COP(=O)(O)OCC[N+](C)(C)C)OCCCCCCCCC[C@H](C)CCCCCC)COP(=O)(O)OCC[N+](C)(C)C. The predicted molar refractivity (Wildman–Crippen MR) is 425 cm³/mol. The van der Waals surface area contributed by atoms with Crippen molar-refractivity contribution in [3.05, 3.63) is 0 Å². The highest BCUT2D eigenvalue weighted by atomic mass is 31.2. The maximum absolute atomic E-state index is 12.7. The van der Waals surface area contributed by atoms with Gasteiger partial charge in [0.15, 0.2) is 0 Å². The van der Waals surface area contributed by atoms with Crippen LogP contribution in [-0.2, 0) is 36.7 Å². The van der Waals surface area contributed by atoms with Crippen LogP contribution in [0.1, 0.15) is 414 Å². The smallest absolute Gasteiger partial charge is 0.376 e. The Morgan fingerprint density at radius 3 is 0.643 bits per heavy atom. The third-order valence-electron chi connectivity index (χ3n) is 21.0. The molecule has 0 aromatic rings. The highest BCUT2D eigenvalue weighted by Gasteiger charge is 2.27. The third kappa shape index (κ3) is 75.7. The number of hydrogen-bond donors (Lipinski definition) is 2. The molecule has 0 aliphatic rings. The zero-order valence-corrected chi connectivity index (χ0v) is 69.9. The van der Waals surface area contributed by atoms with Gasteiger partial charge in [-0.05, 0) is 49.4 Å². The van der Waals surface area contributed by atoms with Crippen LogP contribution in [-0.4, -0.2) is 126 Å². The first kappa shape index (κ1) is 98.1. The highest BCUT2D eigenvalue weighted by molar-refractivity contribution is 7.47. The number of hydrogen-bond acceptors (Lipinski definition) is 8. The Labute approximate surface area is 612 Å². The molecule has 590 valence electrons. The van der Waals surface area contributed by atoms with Gasteiger partial charge in [-0.1, -0.05) is 388 Å². The van der Waals surface area contributed by atoms with Crippen LogP contribution in [0.5, 0.6) is 0 Å². The normalized spacial score (nSPS) is 15.5. The van der Waals surface area contributed by atoms with Gasteiger partial charge in [0.2, 0.25) is 0 Å². The van der Waals surface area contributed by atoms with Crippen LogP contribution >= 0.6 is 15.6 Å². The van der Waals surface area contributed by atoms with Gasteiger partial charge < -0.3 is 28.2 Å². The minimum absolute atomic E-state index is 0.108. The van der Waals surface area contributed by atoms with Crippen molar-refractivity contribution in [1.82, 2.24) is 0 Å². The molecule has 14 heteroatoms. The molecule has 4 unspecified atom stereocenters. The fourth-order valence-corrected chi connectivity index (χ4v) is 15.3. The molecule has 12 nitrogen and oxygen atoms in total. The maximum atomic E-state index is 12.7. The van der Waals surface area contributed by atoms with Crippen molar-refractivity contribution in [2.75, 3.05) is 95.0 Å². The molecule has 0 aromatic heterocycles. The Bertz CT molecular complexity index is 1610. The zero-order chi connectivity index (χ0) is 72.4. The van der Waals surface area contributed by atoms with Gasteiger partial charge in [-0.15, -0.1) is 0 Å². The summed E-state index contributed by atoms with van der Waals surface area (Å²) in [7, 11) is 4.01. The van der Waals surface area contributed by atoms with E-state index in [1.165, 1.54) is 334 Å². The molecule has 0 spiro atoms. The van der Waals surface area contributed by atoms with Gasteiger partial charge in [-0.3, -0.25) is 18.1 Å². The van der Waals surface area contributed by atoms with Gasteiger partial charge in [-0.25, -0.2) is 9.13 Å². The van der Waals surface area contributed by atoms with Crippen LogP contribution < -0.4 is 0 Å². The van der Waals surface area contributed by atoms with Crippen molar-refractivity contribution < 1.29 is 55.5 Å². The summed E-state index contributed by atoms with van der Waals surface area (Å²) in [6.07, 6.45) is 75.8. The Morgan fingerprint density at radius 1 is 0.255 bits per heavy atom. The minimum atomic E-state index is -4.11. The molecule has 98 heavy (non-hydrogen) atoms.